The fourth-order valence-corrected chi connectivity index (χ4v) is 2.15. The molecule has 0 amide bonds. The highest BCUT2D eigenvalue weighted by Crippen LogP contribution is 2.28. The van der Waals surface area contributed by atoms with Gasteiger partial charge in [-0.25, -0.2) is 5.06 Å². The van der Waals surface area contributed by atoms with Crippen LogP contribution in [0.2, 0.25) is 0 Å². The molecule has 114 valence electrons. The monoisotopic (exact) mass is 303 g/mol. The van der Waals surface area contributed by atoms with Gasteiger partial charge in [0.2, 0.25) is 0 Å². The van der Waals surface area contributed by atoms with Crippen LogP contribution in [0.15, 0.2) is 12.1 Å². The number of hydrogen-bond donors (Lipinski definition) is 4. The van der Waals surface area contributed by atoms with Crippen LogP contribution in [0.4, 0.5) is 5.69 Å². The van der Waals surface area contributed by atoms with Crippen molar-refractivity contribution in [2.45, 2.75) is 13.1 Å². The standard InChI is InChI=1S/C13H23N3O3S/c1-14(2)8-10-6-12(16(5)18-19-20)7-11(13(10)17)9-15(3)4/h6-7,17,20H,8-9H2,1-5H3/p+2. The molecule has 0 fully saturated rings. The van der Waals surface area contributed by atoms with Crippen molar-refractivity contribution in [2.24, 2.45) is 0 Å². The van der Waals surface area contributed by atoms with E-state index < -0.39 is 0 Å². The summed E-state index contributed by atoms with van der Waals surface area (Å²) in [6.45, 7) is 1.45. The van der Waals surface area contributed by atoms with Gasteiger partial charge in [0.15, 0.2) is 0 Å². The van der Waals surface area contributed by atoms with Gasteiger partial charge in [-0.2, -0.15) is 0 Å². The highest BCUT2D eigenvalue weighted by atomic mass is 32.1. The molecule has 0 radical (unpaired) electrons. The second-order valence-corrected chi connectivity index (χ2v) is 5.68. The molecule has 0 heterocycles. The van der Waals surface area contributed by atoms with Gasteiger partial charge in [-0.3, -0.25) is 0 Å². The lowest BCUT2D eigenvalue weighted by atomic mass is 10.1. The Hall–Kier alpha value is -0.990. The Morgan fingerprint density at radius 2 is 1.55 bits per heavy atom. The van der Waals surface area contributed by atoms with Gasteiger partial charge >= 0.3 is 0 Å². The van der Waals surface area contributed by atoms with Gasteiger partial charge in [-0.1, -0.05) is 4.99 Å². The Morgan fingerprint density at radius 1 is 1.10 bits per heavy atom. The molecule has 3 N–H and O–H groups in total. The molecule has 0 saturated heterocycles. The maximum Gasteiger partial charge on any atom is 0.133 e. The fourth-order valence-electron chi connectivity index (χ4n) is 2.05. The van der Waals surface area contributed by atoms with E-state index in [1.807, 2.05) is 40.3 Å². The summed E-state index contributed by atoms with van der Waals surface area (Å²) in [7, 11) is 9.89. The summed E-state index contributed by atoms with van der Waals surface area (Å²) in [5.74, 6) is 0.358. The minimum absolute atomic E-state index is 0.358. The van der Waals surface area contributed by atoms with Gasteiger partial charge in [-0.05, 0) is 12.1 Å². The highest BCUT2D eigenvalue weighted by Gasteiger charge is 2.16. The first-order chi connectivity index (χ1) is 9.35. The Balaban J connectivity index is 3.18. The number of rotatable bonds is 7. The Kier molecular flexibility index (Phi) is 6.57. The van der Waals surface area contributed by atoms with Crippen molar-refractivity contribution in [3.63, 3.8) is 0 Å². The van der Waals surface area contributed by atoms with Gasteiger partial charge in [0.05, 0.1) is 45.0 Å². The fraction of sp³-hybridized carbons (Fsp3) is 0.538. The lowest BCUT2D eigenvalue weighted by Gasteiger charge is -2.20. The average Bonchev–Trinajstić information content (AvgIpc) is 2.33. The Bertz CT molecular complexity index is 410. The first kappa shape index (κ1) is 17.1. The number of hydrogen-bond acceptors (Lipinski definition) is 5. The van der Waals surface area contributed by atoms with Crippen molar-refractivity contribution in [1.29, 1.82) is 0 Å². The van der Waals surface area contributed by atoms with Gasteiger partial charge in [0, 0.05) is 20.0 Å². The molecule has 0 unspecified atom stereocenters. The molecule has 0 aliphatic carbocycles. The molecule has 0 spiro atoms. The Morgan fingerprint density at radius 3 is 1.90 bits per heavy atom. The van der Waals surface area contributed by atoms with Gasteiger partial charge in [0.25, 0.3) is 0 Å². The van der Waals surface area contributed by atoms with E-state index in [0.717, 1.165) is 29.9 Å². The third-order valence-corrected chi connectivity index (χ3v) is 2.92. The summed E-state index contributed by atoms with van der Waals surface area (Å²) in [5.41, 5.74) is 2.58. The van der Waals surface area contributed by atoms with E-state index in [0.29, 0.717) is 5.75 Å². The number of thiol groups is 1. The second-order valence-electron chi connectivity index (χ2n) is 5.53. The van der Waals surface area contributed by atoms with Crippen LogP contribution >= 0.6 is 12.9 Å². The summed E-state index contributed by atoms with van der Waals surface area (Å²) >= 11 is 3.57. The first-order valence-corrected chi connectivity index (χ1v) is 6.86. The molecule has 6 nitrogen and oxygen atoms in total. The number of hydroxylamine groups is 1. The summed E-state index contributed by atoms with van der Waals surface area (Å²) in [6.07, 6.45) is 0. The van der Waals surface area contributed by atoms with Crippen molar-refractivity contribution in [2.75, 3.05) is 40.3 Å². The summed E-state index contributed by atoms with van der Waals surface area (Å²) in [5, 5.41) is 11.9. The smallest absolute Gasteiger partial charge is 0.133 e. The number of phenols is 1. The number of phenolic OH excluding ortho intramolecular Hbond substituents is 1. The topological polar surface area (TPSA) is 50.8 Å². The van der Waals surface area contributed by atoms with E-state index in [1.54, 1.807) is 7.05 Å². The lowest BCUT2D eigenvalue weighted by molar-refractivity contribution is -0.873. The molecular formula is C13H25N3O3S+2. The van der Waals surface area contributed by atoms with Crippen molar-refractivity contribution < 1.29 is 24.2 Å². The van der Waals surface area contributed by atoms with Crippen LogP contribution in [-0.4, -0.2) is 40.3 Å². The van der Waals surface area contributed by atoms with Crippen LogP contribution < -0.4 is 14.9 Å². The molecule has 0 bridgehead atoms. The maximum atomic E-state index is 10.4. The third kappa shape index (κ3) is 4.84. The van der Waals surface area contributed by atoms with E-state index in [-0.39, 0.29) is 0 Å². The zero-order chi connectivity index (χ0) is 15.3. The molecule has 0 atom stereocenters. The van der Waals surface area contributed by atoms with Crippen LogP contribution in [0.1, 0.15) is 11.1 Å². The molecule has 7 heteroatoms. The molecule has 0 aliphatic rings. The van der Waals surface area contributed by atoms with E-state index >= 15 is 0 Å². The van der Waals surface area contributed by atoms with Crippen LogP contribution in [0, 0.1) is 0 Å². The number of aromatic hydroxyl groups is 1. The zero-order valence-corrected chi connectivity index (χ0v) is 13.6. The van der Waals surface area contributed by atoms with Gasteiger partial charge in [-0.15, -0.1) is 4.33 Å². The van der Waals surface area contributed by atoms with Crippen molar-refractivity contribution in [1.82, 2.24) is 0 Å². The van der Waals surface area contributed by atoms with Crippen molar-refractivity contribution in [3.8, 4) is 5.75 Å². The number of nitrogens with one attached hydrogen (secondary N) is 2. The molecule has 1 aromatic rings. The lowest BCUT2D eigenvalue weighted by Crippen LogP contribution is -3.04. The first-order valence-electron chi connectivity index (χ1n) is 6.50. The maximum absolute atomic E-state index is 10.4. The predicted octanol–water partition coefficient (Wildman–Crippen LogP) is -1.17. The molecule has 0 aromatic heterocycles. The van der Waals surface area contributed by atoms with E-state index in [4.69, 9.17) is 4.99 Å². The molecule has 1 rings (SSSR count). The van der Waals surface area contributed by atoms with E-state index in [1.165, 1.54) is 14.9 Å². The summed E-state index contributed by atoms with van der Waals surface area (Å²) in [4.78, 5) is 7.35. The number of nitrogens with zero attached hydrogens (tertiary/aromatic N) is 1. The molecule has 1 aromatic carbocycles. The largest absolute Gasteiger partial charge is 0.507 e. The normalized spacial score (nSPS) is 11.4. The zero-order valence-electron chi connectivity index (χ0n) is 12.7. The number of quaternary nitrogens is 2. The van der Waals surface area contributed by atoms with Crippen LogP contribution in [0.25, 0.3) is 0 Å². The van der Waals surface area contributed by atoms with Gasteiger partial charge in [0.1, 0.15) is 18.8 Å². The van der Waals surface area contributed by atoms with Crippen LogP contribution in [0.5, 0.6) is 5.75 Å². The molecule has 0 saturated carbocycles. The minimum atomic E-state index is 0.358. The molecule has 20 heavy (non-hydrogen) atoms. The minimum Gasteiger partial charge on any atom is -0.507 e. The number of anilines is 1. The molecule has 0 aliphatic heterocycles. The van der Waals surface area contributed by atoms with Crippen molar-refractivity contribution in [3.05, 3.63) is 23.3 Å². The summed E-state index contributed by atoms with van der Waals surface area (Å²) < 4.78 is 4.38. The number of benzene rings is 1. The van der Waals surface area contributed by atoms with E-state index in [2.05, 4.69) is 17.2 Å². The third-order valence-electron chi connectivity index (χ3n) is 2.85. The van der Waals surface area contributed by atoms with Crippen molar-refractivity contribution >= 4 is 18.6 Å². The SMILES string of the molecule is CN(OOS)c1cc(C[NH+](C)C)c(O)c(C[NH+](C)C)c1. The molecular weight excluding hydrogens is 278 g/mol. The van der Waals surface area contributed by atoms with Crippen LogP contribution in [0.3, 0.4) is 0 Å². The second kappa shape index (κ2) is 7.70. The predicted molar refractivity (Wildman–Crippen MR) is 80.7 cm³/mol. The Labute approximate surface area is 126 Å². The quantitative estimate of drug-likeness (QED) is 0.222. The van der Waals surface area contributed by atoms with Crippen LogP contribution in [-0.2, 0) is 22.4 Å². The highest BCUT2D eigenvalue weighted by molar-refractivity contribution is 7.74. The van der Waals surface area contributed by atoms with Gasteiger partial charge < -0.3 is 14.9 Å². The average molecular weight is 303 g/mol. The van der Waals surface area contributed by atoms with E-state index in [9.17, 15) is 5.11 Å². The summed E-state index contributed by atoms with van der Waals surface area (Å²) in [6, 6.07) is 3.78.